The van der Waals surface area contributed by atoms with Crippen molar-refractivity contribution in [2.24, 2.45) is 0 Å². The third-order valence-electron chi connectivity index (χ3n) is 10.2. The van der Waals surface area contributed by atoms with E-state index in [0.717, 1.165) is 77.0 Å². The van der Waals surface area contributed by atoms with Crippen LogP contribution in [-0.4, -0.2) is 37.2 Å². The van der Waals surface area contributed by atoms with Crippen LogP contribution in [0.4, 0.5) is 0 Å². The average molecular weight is 885 g/mol. The minimum Gasteiger partial charge on any atom is -0.462 e. The van der Waals surface area contributed by atoms with Crippen molar-refractivity contribution in [3.63, 3.8) is 0 Å². The molecule has 0 aromatic heterocycles. The molecule has 1 atom stereocenters. The smallest absolute Gasteiger partial charge is 0.306 e. The van der Waals surface area contributed by atoms with Gasteiger partial charge in [-0.2, -0.15) is 0 Å². The van der Waals surface area contributed by atoms with Crippen molar-refractivity contribution in [1.82, 2.24) is 0 Å². The molecular weight excluding hydrogens is 793 g/mol. The molecule has 64 heavy (non-hydrogen) atoms. The van der Waals surface area contributed by atoms with E-state index in [-0.39, 0.29) is 38.0 Å². The molecule has 0 aliphatic heterocycles. The van der Waals surface area contributed by atoms with Gasteiger partial charge in [0.05, 0.1) is 0 Å². The van der Waals surface area contributed by atoms with E-state index in [1.807, 2.05) is 12.2 Å². The zero-order valence-electron chi connectivity index (χ0n) is 41.0. The highest BCUT2D eigenvalue weighted by Crippen LogP contribution is 2.13. The maximum Gasteiger partial charge on any atom is 0.306 e. The molecule has 0 rings (SSSR count). The van der Waals surface area contributed by atoms with Gasteiger partial charge in [0.1, 0.15) is 13.2 Å². The first-order valence-electron chi connectivity index (χ1n) is 25.6. The van der Waals surface area contributed by atoms with Crippen molar-refractivity contribution < 1.29 is 28.6 Å². The summed E-state index contributed by atoms with van der Waals surface area (Å²) >= 11 is 0. The molecule has 0 aliphatic rings. The monoisotopic (exact) mass is 885 g/mol. The second-order valence-corrected chi connectivity index (χ2v) is 16.3. The van der Waals surface area contributed by atoms with Crippen LogP contribution in [-0.2, 0) is 28.6 Å². The molecule has 0 aliphatic carbocycles. The summed E-state index contributed by atoms with van der Waals surface area (Å²) in [6.07, 6.45) is 70.6. The molecule has 6 heteroatoms. The summed E-state index contributed by atoms with van der Waals surface area (Å²) in [5.41, 5.74) is 0. The van der Waals surface area contributed by atoms with Crippen molar-refractivity contribution in [1.29, 1.82) is 0 Å². The van der Waals surface area contributed by atoms with E-state index < -0.39 is 12.1 Å². The summed E-state index contributed by atoms with van der Waals surface area (Å²) in [6, 6.07) is 0. The lowest BCUT2D eigenvalue weighted by molar-refractivity contribution is -0.166. The molecule has 0 bridgehead atoms. The predicted octanol–water partition coefficient (Wildman–Crippen LogP) is 16.9. The van der Waals surface area contributed by atoms with Gasteiger partial charge in [-0.05, 0) is 103 Å². The number of esters is 3. The van der Waals surface area contributed by atoms with Gasteiger partial charge in [0.2, 0.25) is 0 Å². The fourth-order valence-electron chi connectivity index (χ4n) is 6.45. The highest BCUT2D eigenvalue weighted by Gasteiger charge is 2.19. The van der Waals surface area contributed by atoms with Gasteiger partial charge in [-0.15, -0.1) is 0 Å². The fraction of sp³-hybridized carbons (Fsp3) is 0.603. The molecule has 0 spiro atoms. The van der Waals surface area contributed by atoms with Gasteiger partial charge in [-0.25, -0.2) is 0 Å². The van der Waals surface area contributed by atoms with Crippen molar-refractivity contribution >= 4 is 17.9 Å². The zero-order chi connectivity index (χ0) is 46.5. The van der Waals surface area contributed by atoms with Crippen LogP contribution >= 0.6 is 0 Å². The van der Waals surface area contributed by atoms with E-state index in [1.165, 1.54) is 77.0 Å². The topological polar surface area (TPSA) is 78.9 Å². The molecule has 0 heterocycles. The number of hydrogen-bond donors (Lipinski definition) is 0. The van der Waals surface area contributed by atoms with Crippen LogP contribution in [0, 0.1) is 0 Å². The van der Waals surface area contributed by atoms with Gasteiger partial charge in [0, 0.05) is 19.3 Å². The lowest BCUT2D eigenvalue weighted by Crippen LogP contribution is -2.30. The van der Waals surface area contributed by atoms with Crippen LogP contribution in [0.15, 0.2) is 122 Å². The van der Waals surface area contributed by atoms with Crippen molar-refractivity contribution in [3.05, 3.63) is 122 Å². The summed E-state index contributed by atoms with van der Waals surface area (Å²) in [4.78, 5) is 37.9. The average Bonchev–Trinajstić information content (AvgIpc) is 3.29. The molecule has 360 valence electrons. The Balaban J connectivity index is 4.51. The molecule has 0 amide bonds. The number of unbranched alkanes of at least 4 members (excludes halogenated alkanes) is 14. The largest absolute Gasteiger partial charge is 0.462 e. The SMILES string of the molecule is CC/C=C\C/C=C\C/C=C\C/C=C\C/C=C\CCC(=O)OC(COC(=O)CCC/C=C\C/C=C\C/C=C\CC)COC(=O)CCCCCCCCCCCC/C=C\C=C/CCCCC. The number of carbonyl (C=O) groups is 3. The van der Waals surface area contributed by atoms with E-state index in [1.54, 1.807) is 0 Å². The Morgan fingerprint density at radius 1 is 0.344 bits per heavy atom. The second-order valence-electron chi connectivity index (χ2n) is 16.3. The third-order valence-corrected chi connectivity index (χ3v) is 10.2. The molecule has 0 radical (unpaired) electrons. The Morgan fingerprint density at radius 2 is 0.703 bits per heavy atom. The molecular formula is C58H92O6. The minimum atomic E-state index is -0.841. The van der Waals surface area contributed by atoms with Crippen LogP contribution in [0.1, 0.15) is 207 Å². The minimum absolute atomic E-state index is 0.128. The lowest BCUT2D eigenvalue weighted by Gasteiger charge is -2.18. The molecule has 0 saturated heterocycles. The molecule has 0 saturated carbocycles. The number of rotatable bonds is 44. The highest BCUT2D eigenvalue weighted by molar-refractivity contribution is 5.71. The quantitative estimate of drug-likeness (QED) is 0.0199. The highest BCUT2D eigenvalue weighted by atomic mass is 16.6. The molecule has 0 aromatic rings. The first-order chi connectivity index (χ1) is 31.5. The Bertz CT molecular complexity index is 1390. The number of allylic oxidation sites excluding steroid dienone is 20. The van der Waals surface area contributed by atoms with E-state index in [4.69, 9.17) is 14.2 Å². The summed E-state index contributed by atoms with van der Waals surface area (Å²) in [7, 11) is 0. The molecule has 0 fully saturated rings. The maximum atomic E-state index is 12.7. The second kappa shape index (κ2) is 51.4. The van der Waals surface area contributed by atoms with Gasteiger partial charge in [0.15, 0.2) is 6.10 Å². The van der Waals surface area contributed by atoms with Crippen molar-refractivity contribution in [2.45, 2.75) is 213 Å². The number of ether oxygens (including phenoxy) is 3. The first-order valence-corrected chi connectivity index (χ1v) is 25.6. The summed E-state index contributed by atoms with van der Waals surface area (Å²) in [6.45, 7) is 6.24. The third kappa shape index (κ3) is 48.8. The summed E-state index contributed by atoms with van der Waals surface area (Å²) < 4.78 is 16.6. The number of carbonyl (C=O) groups excluding carboxylic acids is 3. The maximum absolute atomic E-state index is 12.7. The molecule has 1 unspecified atom stereocenters. The standard InChI is InChI=1S/C58H92O6/c1-4-7-10-13-16-19-22-24-26-28-29-30-32-33-36-39-42-45-48-51-57(60)63-54-55(53-62-56(59)50-47-44-41-38-35-21-18-15-12-9-6-3)64-58(61)52-49-46-43-40-37-34-31-27-25-23-20-17-14-11-8-5-2/h8-9,11-12,16-22,24-25,27,34,37-38,41,43,46,55H,4-7,10,13-15,23,26,28-33,35-36,39-40,42,44-45,47-54H2,1-3H3/b11-8-,12-9-,19-16-,20-17-,21-18-,24-22-,27-25-,37-34-,41-38-,46-43-. The van der Waals surface area contributed by atoms with Crippen LogP contribution < -0.4 is 0 Å². The van der Waals surface area contributed by atoms with E-state index in [9.17, 15) is 14.4 Å². The Hall–Kier alpha value is -4.19. The zero-order valence-corrected chi connectivity index (χ0v) is 41.0. The lowest BCUT2D eigenvalue weighted by atomic mass is 10.1. The fourth-order valence-corrected chi connectivity index (χ4v) is 6.45. The molecule has 0 N–H and O–H groups in total. The van der Waals surface area contributed by atoms with E-state index in [0.29, 0.717) is 19.3 Å². The van der Waals surface area contributed by atoms with Gasteiger partial charge in [0.25, 0.3) is 0 Å². The van der Waals surface area contributed by atoms with Gasteiger partial charge in [-0.1, -0.05) is 206 Å². The molecule has 6 nitrogen and oxygen atoms in total. The first kappa shape index (κ1) is 59.8. The van der Waals surface area contributed by atoms with Crippen molar-refractivity contribution in [2.75, 3.05) is 13.2 Å². The Kier molecular flexibility index (Phi) is 48.1. The van der Waals surface area contributed by atoms with Gasteiger partial charge in [-0.3, -0.25) is 14.4 Å². The summed E-state index contributed by atoms with van der Waals surface area (Å²) in [5, 5.41) is 0. The van der Waals surface area contributed by atoms with E-state index >= 15 is 0 Å². The van der Waals surface area contributed by atoms with Gasteiger partial charge < -0.3 is 14.2 Å². The predicted molar refractivity (Wildman–Crippen MR) is 274 cm³/mol. The van der Waals surface area contributed by atoms with E-state index in [2.05, 4.69) is 130 Å². The van der Waals surface area contributed by atoms with Crippen LogP contribution in [0.5, 0.6) is 0 Å². The molecule has 0 aromatic carbocycles. The summed E-state index contributed by atoms with van der Waals surface area (Å²) in [5.74, 6) is -1.08. The van der Waals surface area contributed by atoms with Crippen LogP contribution in [0.25, 0.3) is 0 Å². The Morgan fingerprint density at radius 3 is 1.16 bits per heavy atom. The van der Waals surface area contributed by atoms with Crippen molar-refractivity contribution in [3.8, 4) is 0 Å². The van der Waals surface area contributed by atoms with Crippen LogP contribution in [0.2, 0.25) is 0 Å². The van der Waals surface area contributed by atoms with Crippen LogP contribution in [0.3, 0.4) is 0 Å². The van der Waals surface area contributed by atoms with Gasteiger partial charge >= 0.3 is 17.9 Å². The number of hydrogen-bond acceptors (Lipinski definition) is 6. The Labute approximate surface area is 392 Å². The normalized spacial score (nSPS) is 13.1.